The predicted molar refractivity (Wildman–Crippen MR) is 94.1 cm³/mol. The second-order valence-electron chi connectivity index (χ2n) is 5.24. The summed E-state index contributed by atoms with van der Waals surface area (Å²) in [5, 5.41) is 0. The Morgan fingerprint density at radius 2 is 1.70 bits per heavy atom. The zero-order valence-electron chi connectivity index (χ0n) is 13.2. The van der Waals surface area contributed by atoms with E-state index < -0.39 is 0 Å². The standard InChI is InChI=1S/C17H20.C2H6.CH4/c1-6-9-15-16(12(2)3)13-10-7-8-11-14(13)17(15,4)5;1-2;/h6-11H,2H2,1,3-5H3;1-2H3;1H4/b9-6-;;. The van der Waals surface area contributed by atoms with Gasteiger partial charge in [-0.3, -0.25) is 0 Å². The van der Waals surface area contributed by atoms with Gasteiger partial charge in [-0.1, -0.05) is 83.7 Å². The lowest BCUT2D eigenvalue weighted by Crippen LogP contribution is -2.16. The summed E-state index contributed by atoms with van der Waals surface area (Å²) >= 11 is 0. The lowest BCUT2D eigenvalue weighted by molar-refractivity contribution is 0.654. The summed E-state index contributed by atoms with van der Waals surface area (Å²) in [6.45, 7) is 16.9. The summed E-state index contributed by atoms with van der Waals surface area (Å²) in [6.07, 6.45) is 4.34. The Morgan fingerprint density at radius 1 is 1.15 bits per heavy atom. The van der Waals surface area contributed by atoms with Gasteiger partial charge < -0.3 is 0 Å². The highest BCUT2D eigenvalue weighted by atomic mass is 14.4. The number of allylic oxidation sites excluding steroid dienone is 5. The molecule has 0 nitrogen and oxygen atoms in total. The second kappa shape index (κ2) is 7.28. The zero-order chi connectivity index (χ0) is 14.6. The highest BCUT2D eigenvalue weighted by Crippen LogP contribution is 2.48. The van der Waals surface area contributed by atoms with E-state index in [0.717, 1.165) is 5.57 Å². The lowest BCUT2D eigenvalue weighted by Gasteiger charge is -2.22. The van der Waals surface area contributed by atoms with Gasteiger partial charge in [-0.25, -0.2) is 0 Å². The highest BCUT2D eigenvalue weighted by molar-refractivity contribution is 5.90. The van der Waals surface area contributed by atoms with Crippen LogP contribution in [0, 0.1) is 0 Å². The molecule has 1 aliphatic carbocycles. The molecular weight excluding hydrogens is 240 g/mol. The maximum atomic E-state index is 4.14. The third-order valence-corrected chi connectivity index (χ3v) is 3.57. The molecular formula is C20H30. The van der Waals surface area contributed by atoms with Gasteiger partial charge in [0.1, 0.15) is 0 Å². The van der Waals surface area contributed by atoms with Crippen molar-refractivity contribution in [3.8, 4) is 0 Å². The van der Waals surface area contributed by atoms with Crippen LogP contribution in [0.25, 0.3) is 5.57 Å². The molecule has 0 aromatic heterocycles. The lowest BCUT2D eigenvalue weighted by atomic mass is 9.81. The number of fused-ring (bicyclic) bond motifs is 1. The minimum Gasteiger partial charge on any atom is -0.0955 e. The monoisotopic (exact) mass is 270 g/mol. The molecule has 0 saturated carbocycles. The molecule has 0 heterocycles. The number of rotatable bonds is 2. The average Bonchev–Trinajstić information content (AvgIpc) is 2.62. The van der Waals surface area contributed by atoms with Gasteiger partial charge in [0.2, 0.25) is 0 Å². The van der Waals surface area contributed by atoms with Gasteiger partial charge in [-0.05, 0) is 36.1 Å². The normalized spacial score (nSPS) is 15.3. The molecule has 0 heteroatoms. The Hall–Kier alpha value is -1.56. The van der Waals surface area contributed by atoms with Gasteiger partial charge in [-0.2, -0.15) is 0 Å². The maximum Gasteiger partial charge on any atom is 0.0158 e. The van der Waals surface area contributed by atoms with Gasteiger partial charge in [0, 0.05) is 5.41 Å². The van der Waals surface area contributed by atoms with E-state index in [4.69, 9.17) is 0 Å². The smallest absolute Gasteiger partial charge is 0.0158 e. The van der Waals surface area contributed by atoms with Crippen molar-refractivity contribution < 1.29 is 0 Å². The highest BCUT2D eigenvalue weighted by Gasteiger charge is 2.35. The third-order valence-electron chi connectivity index (χ3n) is 3.57. The van der Waals surface area contributed by atoms with E-state index in [1.165, 1.54) is 22.3 Å². The van der Waals surface area contributed by atoms with E-state index in [1.54, 1.807) is 0 Å². The van der Waals surface area contributed by atoms with Crippen molar-refractivity contribution in [1.29, 1.82) is 0 Å². The summed E-state index contributed by atoms with van der Waals surface area (Å²) in [5.74, 6) is 0. The van der Waals surface area contributed by atoms with Crippen LogP contribution >= 0.6 is 0 Å². The fraction of sp³-hybridized carbons (Fsp3) is 0.400. The Kier molecular flexibility index (Phi) is 6.72. The summed E-state index contributed by atoms with van der Waals surface area (Å²) in [6, 6.07) is 8.66. The van der Waals surface area contributed by atoms with Gasteiger partial charge in [0.15, 0.2) is 0 Å². The van der Waals surface area contributed by atoms with E-state index in [2.05, 4.69) is 70.7 Å². The first-order valence-electron chi connectivity index (χ1n) is 7.13. The summed E-state index contributed by atoms with van der Waals surface area (Å²) < 4.78 is 0. The molecule has 1 aromatic rings. The molecule has 1 aromatic carbocycles. The largest absolute Gasteiger partial charge is 0.0955 e. The first-order valence-corrected chi connectivity index (χ1v) is 7.13. The van der Waals surface area contributed by atoms with Crippen molar-refractivity contribution in [2.45, 2.75) is 54.4 Å². The molecule has 0 spiro atoms. The molecule has 0 fully saturated rings. The summed E-state index contributed by atoms with van der Waals surface area (Å²) in [7, 11) is 0. The van der Waals surface area contributed by atoms with Gasteiger partial charge in [0.05, 0.1) is 0 Å². The maximum absolute atomic E-state index is 4.14. The van der Waals surface area contributed by atoms with Crippen LogP contribution in [-0.4, -0.2) is 0 Å². The Labute approximate surface area is 125 Å². The molecule has 0 unspecified atom stereocenters. The van der Waals surface area contributed by atoms with Crippen molar-refractivity contribution in [3.05, 3.63) is 65.3 Å². The van der Waals surface area contributed by atoms with Crippen LogP contribution < -0.4 is 0 Å². The molecule has 20 heavy (non-hydrogen) atoms. The molecule has 0 N–H and O–H groups in total. The third kappa shape index (κ3) is 2.95. The molecule has 110 valence electrons. The van der Waals surface area contributed by atoms with Crippen LogP contribution in [0.1, 0.15) is 60.1 Å². The number of benzene rings is 1. The van der Waals surface area contributed by atoms with E-state index in [-0.39, 0.29) is 12.8 Å². The van der Waals surface area contributed by atoms with E-state index in [9.17, 15) is 0 Å². The number of hydrogen-bond acceptors (Lipinski definition) is 0. The summed E-state index contributed by atoms with van der Waals surface area (Å²) in [5.41, 5.74) is 6.69. The topological polar surface area (TPSA) is 0 Å². The predicted octanol–water partition coefficient (Wildman–Crippen LogP) is 6.55. The SMILES string of the molecule is C.C=C(C)C1=C(/C=C\C)C(C)(C)c2ccccc21.CC. The molecule has 1 aliphatic rings. The first-order chi connectivity index (χ1) is 9.00. The van der Waals surface area contributed by atoms with Crippen LogP contribution in [0.4, 0.5) is 0 Å². The Bertz CT molecular complexity index is 525. The molecule has 0 aliphatic heterocycles. The average molecular weight is 270 g/mol. The molecule has 0 atom stereocenters. The Balaban J connectivity index is 0.00000115. The van der Waals surface area contributed by atoms with Crippen LogP contribution in [0.3, 0.4) is 0 Å². The minimum atomic E-state index is 0. The van der Waals surface area contributed by atoms with Crippen molar-refractivity contribution >= 4 is 5.57 Å². The van der Waals surface area contributed by atoms with Crippen LogP contribution in [0.5, 0.6) is 0 Å². The summed E-state index contributed by atoms with van der Waals surface area (Å²) in [4.78, 5) is 0. The Morgan fingerprint density at radius 3 is 2.20 bits per heavy atom. The van der Waals surface area contributed by atoms with E-state index in [1.807, 2.05) is 13.8 Å². The fourth-order valence-electron chi connectivity index (χ4n) is 2.77. The van der Waals surface area contributed by atoms with Crippen LogP contribution in [-0.2, 0) is 5.41 Å². The molecule has 0 amide bonds. The fourth-order valence-corrected chi connectivity index (χ4v) is 2.77. The molecule has 0 bridgehead atoms. The quantitative estimate of drug-likeness (QED) is 0.572. The van der Waals surface area contributed by atoms with Gasteiger partial charge in [-0.15, -0.1) is 0 Å². The van der Waals surface area contributed by atoms with Gasteiger partial charge >= 0.3 is 0 Å². The molecule has 0 radical (unpaired) electrons. The van der Waals surface area contributed by atoms with Crippen molar-refractivity contribution in [2.24, 2.45) is 0 Å². The minimum absolute atomic E-state index is 0. The van der Waals surface area contributed by atoms with E-state index >= 15 is 0 Å². The molecule has 0 saturated heterocycles. The first kappa shape index (κ1) is 18.4. The molecule has 2 rings (SSSR count). The van der Waals surface area contributed by atoms with Crippen LogP contribution in [0.15, 0.2) is 54.1 Å². The van der Waals surface area contributed by atoms with Crippen molar-refractivity contribution in [3.63, 3.8) is 0 Å². The van der Waals surface area contributed by atoms with Gasteiger partial charge in [0.25, 0.3) is 0 Å². The van der Waals surface area contributed by atoms with E-state index in [0.29, 0.717) is 0 Å². The van der Waals surface area contributed by atoms with Crippen molar-refractivity contribution in [1.82, 2.24) is 0 Å². The number of hydrogen-bond donors (Lipinski definition) is 0. The second-order valence-corrected chi connectivity index (χ2v) is 5.24. The zero-order valence-corrected chi connectivity index (χ0v) is 13.2. The van der Waals surface area contributed by atoms with Crippen LogP contribution in [0.2, 0.25) is 0 Å². The van der Waals surface area contributed by atoms with Crippen molar-refractivity contribution in [2.75, 3.05) is 0 Å².